The van der Waals surface area contributed by atoms with Crippen LogP contribution in [-0.4, -0.2) is 18.8 Å². The SMILES string of the molecule is C=C/C=c1\c(=C/C)nc2c3cc4sc5cc6c7c(ccc8c9ccc(c(=O)n12)c3c9c4c5c87)c(=O)n1c2ccccc2nc61. The first-order valence-corrected chi connectivity index (χ1v) is 15.3. The summed E-state index contributed by atoms with van der Waals surface area (Å²) in [5.74, 6) is 0. The molecular formula is C37H18N4O2S. The maximum atomic E-state index is 14.1. The van der Waals surface area contributed by atoms with Gasteiger partial charge >= 0.3 is 0 Å². The molecule has 0 N–H and O–H groups in total. The Labute approximate surface area is 249 Å². The van der Waals surface area contributed by atoms with Crippen molar-refractivity contribution in [2.24, 2.45) is 0 Å². The summed E-state index contributed by atoms with van der Waals surface area (Å²) in [6.45, 7) is 5.82. The number of nitrogens with zero attached hydrogens (tertiary/aromatic N) is 4. The molecule has 0 unspecified atom stereocenters. The van der Waals surface area contributed by atoms with Crippen molar-refractivity contribution < 1.29 is 0 Å². The Morgan fingerprint density at radius 3 is 1.91 bits per heavy atom. The highest BCUT2D eigenvalue weighted by molar-refractivity contribution is 7.26. The van der Waals surface area contributed by atoms with Crippen molar-refractivity contribution in [3.8, 4) is 0 Å². The molecule has 0 radical (unpaired) electrons. The van der Waals surface area contributed by atoms with Crippen molar-refractivity contribution in [3.05, 3.63) is 105 Å². The van der Waals surface area contributed by atoms with Gasteiger partial charge in [-0.2, -0.15) is 0 Å². The minimum atomic E-state index is -0.0842. The molecule has 6 nitrogen and oxygen atoms in total. The van der Waals surface area contributed by atoms with Gasteiger partial charge in [0.2, 0.25) is 0 Å². The molecule has 204 valence electrons. The van der Waals surface area contributed by atoms with Gasteiger partial charge in [-0.25, -0.2) is 9.97 Å². The Morgan fingerprint density at radius 2 is 1.27 bits per heavy atom. The number of pyridine rings is 2. The fourth-order valence-electron chi connectivity index (χ4n) is 7.99. The smallest absolute Gasteiger partial charge is 0.264 e. The summed E-state index contributed by atoms with van der Waals surface area (Å²) in [6, 6.07) is 20.3. The van der Waals surface area contributed by atoms with Crippen LogP contribution in [0.3, 0.4) is 0 Å². The lowest BCUT2D eigenvalue weighted by atomic mass is 9.86. The number of para-hydroxylation sites is 2. The van der Waals surface area contributed by atoms with Gasteiger partial charge < -0.3 is 0 Å². The number of benzene rings is 6. The zero-order chi connectivity index (χ0) is 29.2. The van der Waals surface area contributed by atoms with Gasteiger partial charge in [0.25, 0.3) is 11.1 Å². The van der Waals surface area contributed by atoms with Crippen molar-refractivity contribution in [2.75, 3.05) is 0 Å². The molecule has 11 rings (SSSR count). The highest BCUT2D eigenvalue weighted by Crippen LogP contribution is 2.52. The zero-order valence-electron chi connectivity index (χ0n) is 23.2. The second kappa shape index (κ2) is 7.27. The van der Waals surface area contributed by atoms with E-state index in [0.717, 1.165) is 85.0 Å². The summed E-state index contributed by atoms with van der Waals surface area (Å²) in [6.07, 6.45) is 5.49. The van der Waals surface area contributed by atoms with Crippen LogP contribution in [0, 0.1) is 0 Å². The first-order valence-electron chi connectivity index (χ1n) is 14.5. The van der Waals surface area contributed by atoms with E-state index < -0.39 is 0 Å². The molecular weight excluding hydrogens is 565 g/mol. The lowest BCUT2D eigenvalue weighted by Crippen LogP contribution is -2.32. The molecule has 0 amide bonds. The van der Waals surface area contributed by atoms with Gasteiger partial charge in [-0.05, 0) is 60.2 Å². The Morgan fingerprint density at radius 1 is 0.682 bits per heavy atom. The quantitative estimate of drug-likeness (QED) is 0.164. The van der Waals surface area contributed by atoms with Crippen molar-refractivity contribution in [3.63, 3.8) is 0 Å². The molecule has 5 aromatic heterocycles. The first kappa shape index (κ1) is 22.9. The van der Waals surface area contributed by atoms with Crippen LogP contribution < -0.4 is 21.8 Å². The second-order valence-corrected chi connectivity index (χ2v) is 12.7. The number of thiophene rings is 1. The molecule has 44 heavy (non-hydrogen) atoms. The van der Waals surface area contributed by atoms with E-state index in [1.54, 1.807) is 26.2 Å². The average Bonchev–Trinajstić information content (AvgIpc) is 3.73. The predicted molar refractivity (Wildman–Crippen MR) is 183 cm³/mol. The molecule has 0 saturated carbocycles. The van der Waals surface area contributed by atoms with Crippen LogP contribution in [0.2, 0.25) is 0 Å². The third-order valence-electron chi connectivity index (χ3n) is 9.65. The summed E-state index contributed by atoms with van der Waals surface area (Å²) < 4.78 is 5.77. The normalized spacial score (nSPS) is 14.1. The Balaban J connectivity index is 1.47. The van der Waals surface area contributed by atoms with Gasteiger partial charge in [0.05, 0.1) is 21.7 Å². The van der Waals surface area contributed by atoms with E-state index in [4.69, 9.17) is 9.97 Å². The Bertz CT molecular complexity index is 3350. The van der Waals surface area contributed by atoms with Gasteiger partial charge in [-0.3, -0.25) is 18.4 Å². The topological polar surface area (TPSA) is 68.7 Å². The number of rotatable bonds is 1. The molecule has 0 aliphatic heterocycles. The summed E-state index contributed by atoms with van der Waals surface area (Å²) in [4.78, 5) is 38.2. The van der Waals surface area contributed by atoms with Crippen molar-refractivity contribution in [1.82, 2.24) is 18.8 Å². The molecule has 0 aliphatic rings. The summed E-state index contributed by atoms with van der Waals surface area (Å²) in [7, 11) is 0. The van der Waals surface area contributed by atoms with Gasteiger partial charge in [0.15, 0.2) is 0 Å². The van der Waals surface area contributed by atoms with Crippen LogP contribution in [-0.2, 0) is 0 Å². The summed E-state index contributed by atoms with van der Waals surface area (Å²) in [5, 5.41) is 13.3. The van der Waals surface area contributed by atoms with E-state index in [9.17, 15) is 9.59 Å². The Hall–Kier alpha value is -5.66. The predicted octanol–water partition coefficient (Wildman–Crippen LogP) is 6.51. The van der Waals surface area contributed by atoms with Crippen molar-refractivity contribution in [1.29, 1.82) is 0 Å². The van der Waals surface area contributed by atoms with Crippen molar-refractivity contribution in [2.45, 2.75) is 6.92 Å². The van der Waals surface area contributed by atoms with Crippen LogP contribution in [0.5, 0.6) is 0 Å². The van der Waals surface area contributed by atoms with Gasteiger partial charge in [-0.1, -0.05) is 43.0 Å². The van der Waals surface area contributed by atoms with Crippen LogP contribution >= 0.6 is 11.3 Å². The third kappa shape index (κ3) is 2.30. The fourth-order valence-corrected chi connectivity index (χ4v) is 9.19. The van der Waals surface area contributed by atoms with Gasteiger partial charge in [0.1, 0.15) is 11.3 Å². The molecule has 0 saturated heterocycles. The van der Waals surface area contributed by atoms with E-state index in [1.807, 2.05) is 55.5 Å². The monoisotopic (exact) mass is 582 g/mol. The minimum Gasteiger partial charge on any atom is -0.268 e. The van der Waals surface area contributed by atoms with E-state index >= 15 is 0 Å². The molecule has 0 spiro atoms. The highest BCUT2D eigenvalue weighted by Gasteiger charge is 2.27. The zero-order valence-corrected chi connectivity index (χ0v) is 24.0. The lowest BCUT2D eigenvalue weighted by molar-refractivity contribution is 1.10. The number of allylic oxidation sites excluding steroid dienone is 1. The molecule has 11 aromatic rings. The van der Waals surface area contributed by atoms with Gasteiger partial charge in [-0.15, -0.1) is 11.3 Å². The molecule has 0 fully saturated rings. The summed E-state index contributed by atoms with van der Waals surface area (Å²) in [5.41, 5.74) is 2.83. The number of hydrogen-bond acceptors (Lipinski definition) is 5. The lowest BCUT2D eigenvalue weighted by Gasteiger charge is -2.17. The van der Waals surface area contributed by atoms with E-state index in [1.165, 1.54) is 0 Å². The fraction of sp³-hybridized carbons (Fsp3) is 0.0270. The molecule has 0 aliphatic carbocycles. The van der Waals surface area contributed by atoms with E-state index in [-0.39, 0.29) is 11.1 Å². The van der Waals surface area contributed by atoms with Gasteiger partial charge in [0, 0.05) is 63.3 Å². The van der Waals surface area contributed by atoms with E-state index in [0.29, 0.717) is 22.1 Å². The molecule has 7 heteroatoms. The standard InChI is InChI=1S/C37H18N4O2S/c1-3-7-24-22(4-2)38-34-20-14-26-32-30-16(10-12-18(28(20)30)36(42)40(24)34)17-11-13-19-29-21(15-27(44-26)33(32)31(17)29)35-39-23-8-5-6-9-25(23)41(35)37(19)43/h3-15H,1H2,2H3/b22-4+,24-7+. The second-order valence-electron chi connectivity index (χ2n) is 11.6. The average molecular weight is 583 g/mol. The number of aromatic nitrogens is 4. The maximum Gasteiger partial charge on any atom is 0.264 e. The Kier molecular flexibility index (Phi) is 3.78. The van der Waals surface area contributed by atoms with E-state index in [2.05, 4.69) is 30.8 Å². The minimum absolute atomic E-state index is 0.0530. The largest absolute Gasteiger partial charge is 0.268 e. The number of imidazole rings is 2. The molecule has 0 bridgehead atoms. The van der Waals surface area contributed by atoms with Crippen molar-refractivity contribution >= 4 is 120 Å². The van der Waals surface area contributed by atoms with Crippen LogP contribution in [0.4, 0.5) is 0 Å². The number of hydrogen-bond donors (Lipinski definition) is 0. The third-order valence-corrected chi connectivity index (χ3v) is 10.7. The van der Waals surface area contributed by atoms with Crippen LogP contribution in [0.1, 0.15) is 6.92 Å². The first-order chi connectivity index (χ1) is 21.6. The highest BCUT2D eigenvalue weighted by atomic mass is 32.1. The summed E-state index contributed by atoms with van der Waals surface area (Å²) >= 11 is 1.75. The maximum absolute atomic E-state index is 14.1. The molecule has 6 aromatic carbocycles. The van der Waals surface area contributed by atoms with Crippen LogP contribution in [0.25, 0.3) is 109 Å². The number of fused-ring (bicyclic) bond motifs is 7. The molecule has 0 atom stereocenters. The molecule has 5 heterocycles. The van der Waals surface area contributed by atoms with Crippen LogP contribution in [0.15, 0.2) is 82.9 Å².